The van der Waals surface area contributed by atoms with Crippen LogP contribution in [-0.2, 0) is 17.7 Å². The molecular weight excluding hydrogens is 298 g/mol. The van der Waals surface area contributed by atoms with Crippen LogP contribution in [0.25, 0.3) is 0 Å². The summed E-state index contributed by atoms with van der Waals surface area (Å²) in [5.41, 5.74) is 6.04. The largest absolute Gasteiger partial charge is 0.448 e. The molecule has 23 heavy (non-hydrogen) atoms. The van der Waals surface area contributed by atoms with Crippen molar-refractivity contribution in [1.82, 2.24) is 19.7 Å². The molecule has 0 saturated carbocycles. The Morgan fingerprint density at radius 3 is 3.04 bits per heavy atom. The van der Waals surface area contributed by atoms with Crippen molar-refractivity contribution >= 4 is 11.7 Å². The van der Waals surface area contributed by atoms with Gasteiger partial charge in [0.05, 0.1) is 18.7 Å². The molecule has 2 aromatic rings. The molecule has 1 fully saturated rings. The highest BCUT2D eigenvalue weighted by Crippen LogP contribution is 2.24. The number of hydrogen-bond donors (Lipinski definition) is 1. The van der Waals surface area contributed by atoms with E-state index in [4.69, 9.17) is 14.9 Å². The molecule has 3 rings (SSSR count). The summed E-state index contributed by atoms with van der Waals surface area (Å²) in [4.78, 5) is 18.7. The Morgan fingerprint density at radius 2 is 2.39 bits per heavy atom. The lowest BCUT2D eigenvalue weighted by Crippen LogP contribution is -2.39. The van der Waals surface area contributed by atoms with Crippen molar-refractivity contribution in [2.45, 2.75) is 38.5 Å². The summed E-state index contributed by atoms with van der Waals surface area (Å²) in [5, 5.41) is 4.20. The van der Waals surface area contributed by atoms with Crippen molar-refractivity contribution in [3.8, 4) is 0 Å². The Morgan fingerprint density at radius 1 is 1.57 bits per heavy atom. The summed E-state index contributed by atoms with van der Waals surface area (Å²) >= 11 is 0. The van der Waals surface area contributed by atoms with Gasteiger partial charge in [-0.25, -0.2) is 4.98 Å². The summed E-state index contributed by atoms with van der Waals surface area (Å²) in [5.74, 6) is 0.951. The van der Waals surface area contributed by atoms with E-state index < -0.39 is 0 Å². The minimum Gasteiger partial charge on any atom is -0.448 e. The molecule has 0 radical (unpaired) electrons. The highest BCUT2D eigenvalue weighted by molar-refractivity contribution is 5.93. The van der Waals surface area contributed by atoms with Crippen LogP contribution >= 0.6 is 0 Å². The Kier molecular flexibility index (Phi) is 4.33. The van der Waals surface area contributed by atoms with Crippen LogP contribution in [0.3, 0.4) is 0 Å². The number of aromatic nitrogens is 3. The molecule has 2 aromatic heterocycles. The van der Waals surface area contributed by atoms with Gasteiger partial charge in [-0.05, 0) is 12.5 Å². The van der Waals surface area contributed by atoms with E-state index in [1.165, 1.54) is 6.39 Å². The molecule has 3 heterocycles. The minimum absolute atomic E-state index is 0.00818. The normalized spacial score (nSPS) is 21.0. The lowest BCUT2D eigenvalue weighted by atomic mass is 10.2. The number of anilines is 1. The van der Waals surface area contributed by atoms with E-state index in [1.807, 2.05) is 13.1 Å². The number of rotatable bonds is 5. The van der Waals surface area contributed by atoms with Crippen molar-refractivity contribution in [1.29, 1.82) is 0 Å². The number of likely N-dealkylation sites (tertiary alicyclic amines) is 1. The predicted octanol–water partition coefficient (Wildman–Crippen LogP) is 0.945. The first-order valence-corrected chi connectivity index (χ1v) is 7.67. The van der Waals surface area contributed by atoms with Gasteiger partial charge < -0.3 is 19.8 Å². The fraction of sp³-hybridized carbons (Fsp3) is 0.533. The average molecular weight is 319 g/mol. The van der Waals surface area contributed by atoms with Gasteiger partial charge in [0.2, 0.25) is 0 Å². The van der Waals surface area contributed by atoms with Gasteiger partial charge in [-0.15, -0.1) is 0 Å². The van der Waals surface area contributed by atoms with Crippen LogP contribution in [-0.4, -0.2) is 51.4 Å². The summed E-state index contributed by atoms with van der Waals surface area (Å²) in [6.45, 7) is 3.04. The Bertz CT molecular complexity index is 680. The molecule has 0 unspecified atom stereocenters. The maximum absolute atomic E-state index is 12.8. The SMILES string of the molecule is CCc1ocnc1C(=O)N1C[C@@H](OC)C[C@H]1Cn1ccc(N)n1. The van der Waals surface area contributed by atoms with Crippen LogP contribution in [0.15, 0.2) is 23.1 Å². The van der Waals surface area contributed by atoms with E-state index in [0.29, 0.717) is 36.8 Å². The molecular formula is C15H21N5O3. The second-order valence-corrected chi connectivity index (χ2v) is 5.65. The molecule has 2 N–H and O–H groups in total. The molecule has 2 atom stereocenters. The van der Waals surface area contributed by atoms with Gasteiger partial charge in [0.1, 0.15) is 11.6 Å². The summed E-state index contributed by atoms with van der Waals surface area (Å²) in [6.07, 6.45) is 4.52. The van der Waals surface area contributed by atoms with Crippen molar-refractivity contribution < 1.29 is 13.9 Å². The third-order valence-corrected chi connectivity index (χ3v) is 4.19. The highest BCUT2D eigenvalue weighted by atomic mass is 16.5. The van der Waals surface area contributed by atoms with Gasteiger partial charge in [-0.1, -0.05) is 6.92 Å². The molecule has 0 spiro atoms. The van der Waals surface area contributed by atoms with Crippen LogP contribution in [0.4, 0.5) is 5.82 Å². The lowest BCUT2D eigenvalue weighted by molar-refractivity contribution is 0.0671. The van der Waals surface area contributed by atoms with Gasteiger partial charge >= 0.3 is 0 Å². The second kappa shape index (κ2) is 6.41. The second-order valence-electron chi connectivity index (χ2n) is 5.65. The number of hydrogen-bond acceptors (Lipinski definition) is 6. The van der Waals surface area contributed by atoms with E-state index in [2.05, 4.69) is 10.1 Å². The minimum atomic E-state index is -0.125. The van der Waals surface area contributed by atoms with Crippen LogP contribution in [0.1, 0.15) is 29.6 Å². The maximum Gasteiger partial charge on any atom is 0.276 e. The van der Waals surface area contributed by atoms with Crippen molar-refractivity contribution in [2.24, 2.45) is 0 Å². The van der Waals surface area contributed by atoms with E-state index >= 15 is 0 Å². The number of amides is 1. The van der Waals surface area contributed by atoms with E-state index in [9.17, 15) is 4.79 Å². The van der Waals surface area contributed by atoms with Gasteiger partial charge in [-0.2, -0.15) is 5.10 Å². The first-order valence-electron chi connectivity index (χ1n) is 7.67. The number of ether oxygens (including phenoxy) is 1. The quantitative estimate of drug-likeness (QED) is 0.880. The number of aryl methyl sites for hydroxylation is 1. The zero-order valence-corrected chi connectivity index (χ0v) is 13.3. The van der Waals surface area contributed by atoms with E-state index in [1.54, 1.807) is 22.8 Å². The number of carbonyl (C=O) groups is 1. The lowest BCUT2D eigenvalue weighted by Gasteiger charge is -2.23. The zero-order chi connectivity index (χ0) is 16.4. The molecule has 1 aliphatic rings. The molecule has 1 saturated heterocycles. The number of oxazole rings is 1. The monoisotopic (exact) mass is 319 g/mol. The van der Waals surface area contributed by atoms with Gasteiger partial charge in [-0.3, -0.25) is 9.48 Å². The fourth-order valence-corrected chi connectivity index (χ4v) is 2.99. The Labute approximate surface area is 134 Å². The molecule has 1 amide bonds. The van der Waals surface area contributed by atoms with E-state index in [0.717, 1.165) is 6.42 Å². The highest BCUT2D eigenvalue weighted by Gasteiger charge is 2.37. The van der Waals surface area contributed by atoms with Crippen molar-refractivity contribution in [3.63, 3.8) is 0 Å². The molecule has 0 aromatic carbocycles. The van der Waals surface area contributed by atoms with Crippen LogP contribution < -0.4 is 5.73 Å². The number of nitrogen functional groups attached to an aromatic ring is 1. The maximum atomic E-state index is 12.8. The molecule has 8 heteroatoms. The first kappa shape index (κ1) is 15.5. The first-order chi connectivity index (χ1) is 11.1. The summed E-state index contributed by atoms with van der Waals surface area (Å²) in [7, 11) is 1.66. The fourth-order valence-electron chi connectivity index (χ4n) is 2.99. The Hall–Kier alpha value is -2.35. The number of carbonyl (C=O) groups excluding carboxylic acids is 1. The summed E-state index contributed by atoms with van der Waals surface area (Å²) < 4.78 is 12.5. The molecule has 124 valence electrons. The zero-order valence-electron chi connectivity index (χ0n) is 13.3. The summed E-state index contributed by atoms with van der Waals surface area (Å²) in [6, 6.07) is 1.72. The molecule has 1 aliphatic heterocycles. The number of methoxy groups -OCH3 is 1. The van der Waals surface area contributed by atoms with Gasteiger partial charge in [0.25, 0.3) is 5.91 Å². The van der Waals surface area contributed by atoms with Crippen molar-refractivity contribution in [2.75, 3.05) is 19.4 Å². The smallest absolute Gasteiger partial charge is 0.276 e. The predicted molar refractivity (Wildman–Crippen MR) is 82.8 cm³/mol. The van der Waals surface area contributed by atoms with E-state index in [-0.39, 0.29) is 18.1 Å². The van der Waals surface area contributed by atoms with Crippen LogP contribution in [0, 0.1) is 0 Å². The molecule has 8 nitrogen and oxygen atoms in total. The van der Waals surface area contributed by atoms with Crippen LogP contribution in [0.5, 0.6) is 0 Å². The third-order valence-electron chi connectivity index (χ3n) is 4.19. The topological polar surface area (TPSA) is 99.4 Å². The average Bonchev–Trinajstić information content (AvgIpc) is 3.26. The van der Waals surface area contributed by atoms with Gasteiger partial charge in [0, 0.05) is 26.3 Å². The molecule has 0 aliphatic carbocycles. The Balaban J connectivity index is 1.81. The van der Waals surface area contributed by atoms with Crippen LogP contribution in [0.2, 0.25) is 0 Å². The third kappa shape index (κ3) is 3.07. The van der Waals surface area contributed by atoms with Gasteiger partial charge in [0.15, 0.2) is 12.1 Å². The molecule has 0 bridgehead atoms. The standard InChI is InChI=1S/C15H21N5O3/c1-3-12-14(17-9-23-12)15(21)20-8-11(22-2)6-10(20)7-19-5-4-13(16)18-19/h4-5,9-11H,3,6-8H2,1-2H3,(H2,16,18)/t10-,11-/m0/s1. The number of nitrogens with two attached hydrogens (primary N) is 1. The van der Waals surface area contributed by atoms with Crippen molar-refractivity contribution in [3.05, 3.63) is 30.1 Å². The number of nitrogens with zero attached hydrogens (tertiary/aromatic N) is 4.